The van der Waals surface area contributed by atoms with Crippen LogP contribution in [0, 0.1) is 12.7 Å². The molecule has 1 aliphatic rings. The zero-order valence-electron chi connectivity index (χ0n) is 6.51. The van der Waals surface area contributed by atoms with Crippen molar-refractivity contribution in [2.45, 2.75) is 25.7 Å². The summed E-state index contributed by atoms with van der Waals surface area (Å²) >= 11 is 0. The molecule has 1 fully saturated rings. The van der Waals surface area contributed by atoms with E-state index in [1.807, 2.05) is 0 Å². The van der Waals surface area contributed by atoms with E-state index in [0.717, 1.165) is 12.5 Å². The van der Waals surface area contributed by atoms with Crippen LogP contribution in [0.4, 0.5) is 0 Å². The van der Waals surface area contributed by atoms with Crippen LogP contribution in [0.15, 0.2) is 0 Å². The van der Waals surface area contributed by atoms with E-state index in [2.05, 4.69) is 4.74 Å². The largest absolute Gasteiger partial charge is 0.351 e. The molecule has 0 bridgehead atoms. The van der Waals surface area contributed by atoms with Gasteiger partial charge in [0, 0.05) is 7.11 Å². The predicted molar refractivity (Wildman–Crippen MR) is 39.2 cm³/mol. The molecule has 1 aliphatic carbocycles. The maximum atomic E-state index is 5.12. The highest BCUT2D eigenvalue weighted by Gasteiger charge is 2.14. The van der Waals surface area contributed by atoms with E-state index < -0.39 is 0 Å². The molecule has 0 heterocycles. The molecular weight excluding hydrogens is 128 g/mol. The second kappa shape index (κ2) is 4.69. The van der Waals surface area contributed by atoms with Gasteiger partial charge in [-0.15, -0.1) is 0 Å². The van der Waals surface area contributed by atoms with Crippen molar-refractivity contribution in [3.8, 4) is 0 Å². The summed E-state index contributed by atoms with van der Waals surface area (Å²) in [6.07, 6.45) is 5.41. The van der Waals surface area contributed by atoms with E-state index in [4.69, 9.17) is 4.74 Å². The fourth-order valence-electron chi connectivity index (χ4n) is 1.42. The van der Waals surface area contributed by atoms with Crippen molar-refractivity contribution in [2.24, 2.45) is 5.92 Å². The van der Waals surface area contributed by atoms with Gasteiger partial charge in [-0.25, -0.2) is 0 Å². The van der Waals surface area contributed by atoms with Crippen molar-refractivity contribution < 1.29 is 9.47 Å². The van der Waals surface area contributed by atoms with Crippen LogP contribution in [0.5, 0.6) is 0 Å². The van der Waals surface area contributed by atoms with Crippen molar-refractivity contribution in [3.05, 3.63) is 6.79 Å². The molecule has 59 valence electrons. The summed E-state index contributed by atoms with van der Waals surface area (Å²) < 4.78 is 9.77. The minimum absolute atomic E-state index is 0.784. The maximum absolute atomic E-state index is 5.12. The number of hydrogen-bond acceptors (Lipinski definition) is 2. The Morgan fingerprint density at radius 1 is 1.40 bits per heavy atom. The molecule has 1 radical (unpaired) electrons. The Bertz CT molecular complexity index is 77.3. The van der Waals surface area contributed by atoms with Crippen LogP contribution in [0.1, 0.15) is 25.7 Å². The molecule has 0 aromatic rings. The van der Waals surface area contributed by atoms with Gasteiger partial charge in [0.25, 0.3) is 0 Å². The van der Waals surface area contributed by atoms with Crippen molar-refractivity contribution >= 4 is 0 Å². The lowest BCUT2D eigenvalue weighted by atomic mass is 10.1. The Hall–Kier alpha value is -0.0800. The first kappa shape index (κ1) is 8.02. The van der Waals surface area contributed by atoms with E-state index >= 15 is 0 Å². The first-order valence-corrected chi connectivity index (χ1v) is 3.89. The Balaban J connectivity index is 1.91. The quantitative estimate of drug-likeness (QED) is 0.560. The lowest BCUT2D eigenvalue weighted by molar-refractivity contribution is 0.0303. The SMILES string of the molecule is CO[CH]OCC1CCCC1. The van der Waals surface area contributed by atoms with Crippen molar-refractivity contribution in [2.75, 3.05) is 13.7 Å². The molecule has 2 heteroatoms. The van der Waals surface area contributed by atoms with E-state index in [1.54, 1.807) is 7.11 Å². The Kier molecular flexibility index (Phi) is 3.76. The van der Waals surface area contributed by atoms with E-state index in [9.17, 15) is 0 Å². The van der Waals surface area contributed by atoms with Gasteiger partial charge in [-0.05, 0) is 18.8 Å². The number of ether oxygens (including phenoxy) is 2. The zero-order valence-corrected chi connectivity index (χ0v) is 6.51. The second-order valence-corrected chi connectivity index (χ2v) is 2.82. The minimum atomic E-state index is 0.784. The summed E-state index contributed by atoms with van der Waals surface area (Å²) in [6.45, 7) is 2.26. The third-order valence-corrected chi connectivity index (χ3v) is 1.97. The lowest BCUT2D eigenvalue weighted by Gasteiger charge is -2.07. The lowest BCUT2D eigenvalue weighted by Crippen LogP contribution is -2.03. The standard InChI is InChI=1S/C8H15O2/c1-9-7-10-6-8-4-2-3-5-8/h7-8H,2-6H2,1H3. The molecule has 0 unspecified atom stereocenters. The molecule has 1 saturated carbocycles. The molecule has 0 N–H and O–H groups in total. The summed E-state index contributed by atoms with van der Waals surface area (Å²) in [7, 11) is 1.61. The van der Waals surface area contributed by atoms with E-state index in [-0.39, 0.29) is 0 Å². The van der Waals surface area contributed by atoms with Gasteiger partial charge in [-0.2, -0.15) is 0 Å². The Morgan fingerprint density at radius 3 is 2.70 bits per heavy atom. The zero-order chi connectivity index (χ0) is 7.23. The summed E-state index contributed by atoms with van der Waals surface area (Å²) in [6, 6.07) is 0. The third kappa shape index (κ3) is 2.67. The predicted octanol–water partition coefficient (Wildman–Crippen LogP) is 1.96. The van der Waals surface area contributed by atoms with Gasteiger partial charge in [-0.1, -0.05) is 12.8 Å². The van der Waals surface area contributed by atoms with Crippen molar-refractivity contribution in [3.63, 3.8) is 0 Å². The van der Waals surface area contributed by atoms with Gasteiger partial charge in [-0.3, -0.25) is 0 Å². The Labute approximate surface area is 62.5 Å². The summed E-state index contributed by atoms with van der Waals surface area (Å²) in [5, 5.41) is 0. The topological polar surface area (TPSA) is 18.5 Å². The molecule has 0 aromatic carbocycles. The molecule has 1 rings (SSSR count). The average Bonchev–Trinajstić information content (AvgIpc) is 2.41. The first-order valence-electron chi connectivity index (χ1n) is 3.89. The normalized spacial score (nSPS) is 20.1. The van der Waals surface area contributed by atoms with Gasteiger partial charge in [0.05, 0.1) is 6.61 Å². The first-order chi connectivity index (χ1) is 4.93. The van der Waals surface area contributed by atoms with Crippen LogP contribution < -0.4 is 0 Å². The van der Waals surface area contributed by atoms with Crippen LogP contribution in [-0.2, 0) is 9.47 Å². The smallest absolute Gasteiger partial charge is 0.209 e. The van der Waals surface area contributed by atoms with Crippen LogP contribution in [-0.4, -0.2) is 13.7 Å². The number of hydrogen-bond donors (Lipinski definition) is 0. The van der Waals surface area contributed by atoms with Crippen LogP contribution in [0.3, 0.4) is 0 Å². The minimum Gasteiger partial charge on any atom is -0.351 e. The highest BCUT2D eigenvalue weighted by Crippen LogP contribution is 2.24. The molecule has 0 atom stereocenters. The fraction of sp³-hybridized carbons (Fsp3) is 0.875. The van der Waals surface area contributed by atoms with Gasteiger partial charge < -0.3 is 9.47 Å². The summed E-state index contributed by atoms with van der Waals surface area (Å²) in [4.78, 5) is 0. The van der Waals surface area contributed by atoms with Gasteiger partial charge in [0.15, 0.2) is 0 Å². The van der Waals surface area contributed by atoms with Crippen LogP contribution in [0.25, 0.3) is 0 Å². The molecular formula is C8H15O2. The van der Waals surface area contributed by atoms with Crippen molar-refractivity contribution in [1.29, 1.82) is 0 Å². The molecule has 0 aliphatic heterocycles. The molecule has 0 aromatic heterocycles. The fourth-order valence-corrected chi connectivity index (χ4v) is 1.42. The van der Waals surface area contributed by atoms with Gasteiger partial charge in [0.2, 0.25) is 6.79 Å². The maximum Gasteiger partial charge on any atom is 0.209 e. The molecule has 2 nitrogen and oxygen atoms in total. The molecule has 10 heavy (non-hydrogen) atoms. The monoisotopic (exact) mass is 143 g/mol. The van der Waals surface area contributed by atoms with Gasteiger partial charge >= 0.3 is 0 Å². The Morgan fingerprint density at radius 2 is 2.10 bits per heavy atom. The van der Waals surface area contributed by atoms with Crippen LogP contribution in [0.2, 0.25) is 0 Å². The highest BCUT2D eigenvalue weighted by molar-refractivity contribution is 4.66. The van der Waals surface area contributed by atoms with Gasteiger partial charge in [0.1, 0.15) is 0 Å². The number of methoxy groups -OCH3 is 1. The average molecular weight is 143 g/mol. The third-order valence-electron chi connectivity index (χ3n) is 1.97. The molecule has 0 amide bonds. The highest BCUT2D eigenvalue weighted by atomic mass is 16.7. The summed E-state index contributed by atoms with van der Waals surface area (Å²) in [5.74, 6) is 0.784. The summed E-state index contributed by atoms with van der Waals surface area (Å²) in [5.41, 5.74) is 0. The van der Waals surface area contributed by atoms with E-state index in [1.165, 1.54) is 32.5 Å². The van der Waals surface area contributed by atoms with Crippen LogP contribution >= 0.6 is 0 Å². The molecule has 0 spiro atoms. The van der Waals surface area contributed by atoms with E-state index in [0.29, 0.717) is 0 Å². The second-order valence-electron chi connectivity index (χ2n) is 2.82. The number of rotatable bonds is 4. The van der Waals surface area contributed by atoms with Crippen molar-refractivity contribution in [1.82, 2.24) is 0 Å². The molecule has 0 saturated heterocycles.